The number of hydrogen-bond acceptors (Lipinski definition) is 53. The van der Waals surface area contributed by atoms with E-state index in [0.29, 0.717) is 0 Å². The lowest BCUT2D eigenvalue weighted by atomic mass is 9.93. The van der Waals surface area contributed by atoms with Gasteiger partial charge in [0.05, 0.1) is 71.7 Å². The Morgan fingerprint density at radius 1 is 0.215 bits per heavy atom. The van der Waals surface area contributed by atoms with Gasteiger partial charge >= 0.3 is 0 Å². The Morgan fingerprint density at radius 3 is 0.938 bits per heavy atom. The highest BCUT2D eigenvalue weighted by Gasteiger charge is 2.64. The van der Waals surface area contributed by atoms with E-state index in [-0.39, 0.29) is 0 Å². The summed E-state index contributed by atoms with van der Waals surface area (Å²) in [6, 6.07) is -7.91. The molecule has 0 spiro atoms. The number of aliphatic hydroxyl groups excluding tert-OH is 28. The van der Waals surface area contributed by atoms with Crippen molar-refractivity contribution in [1.82, 2.24) is 21.3 Å². The lowest BCUT2D eigenvalue weighted by Gasteiger charge is -2.52. The molecule has 11 rings (SSSR count). The summed E-state index contributed by atoms with van der Waals surface area (Å²) in [4.78, 5) is 52.8. The monoisotopic (exact) mass is 1900 g/mol. The van der Waals surface area contributed by atoms with Crippen LogP contribution < -0.4 is 21.3 Å². The van der Waals surface area contributed by atoms with Crippen LogP contribution in [-0.4, -0.2) is 557 Å². The number of nitrogens with one attached hydrogen (secondary N) is 4. The molecule has 130 heavy (non-hydrogen) atoms. The van der Waals surface area contributed by atoms with Crippen molar-refractivity contribution in [3.05, 3.63) is 0 Å². The van der Waals surface area contributed by atoms with E-state index < -0.39 is 415 Å². The number of carbonyl (C=O) groups is 4. The van der Waals surface area contributed by atoms with E-state index in [0.717, 1.165) is 27.7 Å². The van der Waals surface area contributed by atoms with Gasteiger partial charge in [0.2, 0.25) is 23.6 Å². The number of ether oxygens (including phenoxy) is 21. The number of aliphatic hydroxyl groups is 28. The normalized spacial score (nSPS) is 50.3. The minimum Gasteiger partial charge on any atom is -0.394 e. The van der Waals surface area contributed by atoms with Gasteiger partial charge in [0.25, 0.3) is 0 Å². The molecule has 0 unspecified atom stereocenters. The molecular weight excluding hydrogens is 1780 g/mol. The van der Waals surface area contributed by atoms with Gasteiger partial charge in [-0.15, -0.1) is 0 Å². The fraction of sp³-hybridized carbons (Fsp3) is 0.945. The van der Waals surface area contributed by atoms with E-state index in [2.05, 4.69) is 21.3 Å². The van der Waals surface area contributed by atoms with Crippen LogP contribution in [0.4, 0.5) is 0 Å². The Morgan fingerprint density at radius 2 is 0.485 bits per heavy atom. The molecule has 0 aliphatic carbocycles. The van der Waals surface area contributed by atoms with Crippen molar-refractivity contribution in [2.75, 3.05) is 59.5 Å². The average molecular weight is 1900 g/mol. The van der Waals surface area contributed by atoms with Crippen LogP contribution in [0.3, 0.4) is 0 Å². The van der Waals surface area contributed by atoms with Gasteiger partial charge < -0.3 is 264 Å². The largest absolute Gasteiger partial charge is 0.394 e. The molecule has 11 aliphatic rings. The zero-order valence-corrected chi connectivity index (χ0v) is 70.3. The third kappa shape index (κ3) is 23.1. The van der Waals surface area contributed by atoms with Gasteiger partial charge in [-0.3, -0.25) is 19.2 Å². The highest BCUT2D eigenvalue weighted by molar-refractivity contribution is 5.74. The topological polar surface area (TPSA) is 877 Å². The zero-order chi connectivity index (χ0) is 95.5. The van der Waals surface area contributed by atoms with Gasteiger partial charge in [-0.25, -0.2) is 0 Å². The van der Waals surface area contributed by atoms with E-state index in [9.17, 15) is 162 Å². The number of carbonyl (C=O) groups excluding carboxylic acids is 4. The molecule has 32 N–H and O–H groups in total. The van der Waals surface area contributed by atoms with Crippen molar-refractivity contribution in [2.45, 2.75) is 373 Å². The third-order valence-electron chi connectivity index (χ3n) is 24.2. The molecule has 0 saturated carbocycles. The smallest absolute Gasteiger partial charge is 0.217 e. The number of rotatable bonds is 33. The minimum atomic E-state index is -2.65. The highest BCUT2D eigenvalue weighted by atomic mass is 16.8. The van der Waals surface area contributed by atoms with Gasteiger partial charge in [0, 0.05) is 27.7 Å². The van der Waals surface area contributed by atoms with Crippen LogP contribution in [0.5, 0.6) is 0 Å². The van der Waals surface area contributed by atoms with E-state index in [1.807, 2.05) is 0 Å². The predicted octanol–water partition coefficient (Wildman–Crippen LogP) is -21.7. The SMILES string of the molecule is CC(=O)N[C@@H]1[C@@H](O[C@@H]2O[C@@H](C)[C@@H](O)[C@@H](O)[C@@H]2O)[C@H](O[C@@H]2O[C@H](CO)[C@@H](O[C@@H]3O[C@H](CO[C@H]4O[C@H](CO)[C@@H](O)[C@H](O)[C@@H]4O[C@@H]4O[C@H](CO)[C@@H](O)[C@H](O)[C@H]4NC(C)=O)[C@@H](O)[C@H](O[C@H]4O[C@H](CO)[C@@H](O)[C@H](O)[C@@H]4O[C@@H]4O[C@H](CO)[C@@H](O[C@@H]5O[C@@H](C)[C@@H](O)[C@@H](O)[C@@H]5O)[C@H](O[C@@H]5O[C@H](CO)[C@H](O)[C@H](O)[C@H]5O)[C@H]4NC(C)=O)[C@@H]3O[C@@H]3O[C@H](CO)[C@H](O)[C@H]3O)[C@H](O)[C@H]2NC(C)=O)[C@@H](CO)O[C@H]1O. The molecule has 0 radical (unpaired) electrons. The molecule has 0 aromatic carbocycles. The molecule has 57 nitrogen and oxygen atoms in total. The third-order valence-corrected chi connectivity index (χ3v) is 24.2. The maximum absolute atomic E-state index is 13.7. The summed E-state index contributed by atoms with van der Waals surface area (Å²) in [5.74, 6) is -3.90. The second kappa shape index (κ2) is 46.1. The molecule has 4 amide bonds. The van der Waals surface area contributed by atoms with E-state index in [1.54, 1.807) is 0 Å². The quantitative estimate of drug-likeness (QED) is 0.0290. The fourth-order valence-corrected chi connectivity index (χ4v) is 17.1. The van der Waals surface area contributed by atoms with Gasteiger partial charge in [0.15, 0.2) is 69.2 Å². The highest BCUT2D eigenvalue weighted by Crippen LogP contribution is 2.43. The molecule has 11 fully saturated rings. The maximum atomic E-state index is 13.7. The first-order valence-corrected chi connectivity index (χ1v) is 41.8. The Bertz CT molecular complexity index is 3560. The van der Waals surface area contributed by atoms with Crippen molar-refractivity contribution >= 4 is 23.6 Å². The Hall–Kier alpha value is -4.08. The maximum Gasteiger partial charge on any atom is 0.217 e. The minimum absolute atomic E-state index is 0.880. The molecule has 752 valence electrons. The molecular formula is C73H122N4O53. The molecule has 11 saturated heterocycles. The molecule has 54 atom stereocenters. The molecule has 0 aromatic rings. The van der Waals surface area contributed by atoms with Crippen molar-refractivity contribution in [1.29, 1.82) is 0 Å². The first kappa shape index (κ1) is 106. The molecule has 11 heterocycles. The number of hydrogen-bond donors (Lipinski definition) is 32. The lowest BCUT2D eigenvalue weighted by molar-refractivity contribution is -0.411. The van der Waals surface area contributed by atoms with Gasteiger partial charge in [-0.05, 0) is 13.8 Å². The fourth-order valence-electron chi connectivity index (χ4n) is 17.1. The van der Waals surface area contributed by atoms with Crippen LogP contribution in [0.15, 0.2) is 0 Å². The summed E-state index contributed by atoms with van der Waals surface area (Å²) in [6.45, 7) is -4.55. The summed E-state index contributed by atoms with van der Waals surface area (Å²) < 4.78 is 129. The van der Waals surface area contributed by atoms with Crippen molar-refractivity contribution in [3.8, 4) is 0 Å². The Kier molecular flexibility index (Phi) is 37.7. The van der Waals surface area contributed by atoms with Crippen LogP contribution in [0.1, 0.15) is 41.5 Å². The van der Waals surface area contributed by atoms with E-state index in [1.165, 1.54) is 13.8 Å². The van der Waals surface area contributed by atoms with Crippen LogP contribution >= 0.6 is 0 Å². The lowest BCUT2D eigenvalue weighted by Crippen LogP contribution is -2.72. The van der Waals surface area contributed by atoms with Gasteiger partial charge in [0.1, 0.15) is 250 Å². The summed E-state index contributed by atoms with van der Waals surface area (Å²) in [5.41, 5.74) is 0. The summed E-state index contributed by atoms with van der Waals surface area (Å²) in [5, 5.41) is 326. The second-order valence-electron chi connectivity index (χ2n) is 33.3. The van der Waals surface area contributed by atoms with E-state index in [4.69, 9.17) is 99.5 Å². The van der Waals surface area contributed by atoms with Crippen molar-refractivity contribution in [2.24, 2.45) is 0 Å². The van der Waals surface area contributed by atoms with Gasteiger partial charge in [-0.1, -0.05) is 0 Å². The first-order valence-electron chi connectivity index (χ1n) is 41.8. The standard InChI is InChI=1S/C73H122N4O53/c1-16-35(90)45(100)51(106)67(111-16)124-56-29(14-85)120-66(34(77-21(6)89)58(56)126-70-53(108)47(102)38(93)23(8-79)115-70)129-61-49(104)40(95)25(10-81)118-72(61)127-59-42(97)30(15-110-71-60(48(103)39(94)24(9-80)117-71)128-64-31(74-18(3)86)43(98)37(92)22(7-78)114-64)121-73(62(59)130-69-50(105)41(96)26(11-82)116-69)122-54-27(12-83)119-65(32(44(54)99)75-19(4)87)123-55-28(13-84)113-63(109)33(76-20(5)88)57(55)125-68-52(107)46(101)36(91)17(2)112-68/h16-17,22-73,78-85,90-109H,7-15H2,1-6H3,(H,74,86)(H,75,87)(H,76,88)(H,77,89)/t16-,17-,22+,23+,24+,25+,26+,27+,28+,29+,30+,31+,32+,33+,34+,35+,36+,37+,38-,39+,40+,41-,42+,43+,44+,45+,46+,47-,48-,49-,50+,51-,52-,53+,54+,55+,56+,57+,58+,59-,60-,61-,62-,63+,64-,65-,66-,67-,68-,69-,70-,71-,72+,73-/m0/s1. The summed E-state index contributed by atoms with van der Waals surface area (Å²) >= 11 is 0. The van der Waals surface area contributed by atoms with E-state index >= 15 is 0 Å². The van der Waals surface area contributed by atoms with Crippen molar-refractivity contribution in [3.63, 3.8) is 0 Å². The molecule has 0 aromatic heterocycles. The average Bonchev–Trinajstić information content (AvgIpc) is 1.01. The van der Waals surface area contributed by atoms with Crippen molar-refractivity contribution < 1.29 is 262 Å². The number of amides is 4. The van der Waals surface area contributed by atoms with Crippen LogP contribution in [-0.2, 0) is 119 Å². The summed E-state index contributed by atoms with van der Waals surface area (Å²) in [7, 11) is 0. The Balaban J connectivity index is 1.02. The molecule has 11 aliphatic heterocycles. The Labute approximate surface area is 736 Å². The first-order chi connectivity index (χ1) is 61.5. The molecule has 0 bridgehead atoms. The predicted molar refractivity (Wildman–Crippen MR) is 400 cm³/mol. The van der Waals surface area contributed by atoms with Crippen LogP contribution in [0.2, 0.25) is 0 Å². The van der Waals surface area contributed by atoms with Crippen LogP contribution in [0.25, 0.3) is 0 Å². The van der Waals surface area contributed by atoms with Gasteiger partial charge in [-0.2, -0.15) is 0 Å². The van der Waals surface area contributed by atoms with Crippen LogP contribution in [0, 0.1) is 0 Å². The second-order valence-corrected chi connectivity index (χ2v) is 33.3. The zero-order valence-electron chi connectivity index (χ0n) is 70.3. The molecule has 57 heteroatoms. The summed E-state index contributed by atoms with van der Waals surface area (Å²) in [6.07, 6.45) is -107.